The third-order valence-corrected chi connectivity index (χ3v) is 5.86. The van der Waals surface area contributed by atoms with Crippen molar-refractivity contribution in [3.63, 3.8) is 0 Å². The van der Waals surface area contributed by atoms with Gasteiger partial charge in [0, 0.05) is 36.4 Å². The monoisotopic (exact) mass is 330 g/mol. The van der Waals surface area contributed by atoms with Crippen molar-refractivity contribution in [2.24, 2.45) is 0 Å². The number of hydrogen-bond acceptors (Lipinski definition) is 4. The van der Waals surface area contributed by atoms with E-state index in [1.54, 1.807) is 0 Å². The maximum atomic E-state index is 11.7. The van der Waals surface area contributed by atoms with Gasteiger partial charge in [-0.2, -0.15) is 0 Å². The second kappa shape index (κ2) is 6.55. The Labute approximate surface area is 132 Å². The molecule has 1 aromatic rings. The Morgan fingerprint density at radius 1 is 1.43 bits per heavy atom. The van der Waals surface area contributed by atoms with Gasteiger partial charge in [-0.3, -0.25) is 0 Å². The summed E-state index contributed by atoms with van der Waals surface area (Å²) in [6.45, 7) is 4.91. The summed E-state index contributed by atoms with van der Waals surface area (Å²) in [5, 5.41) is 4.09. The first kappa shape index (κ1) is 16.6. The molecule has 4 nitrogen and oxygen atoms in total. The minimum atomic E-state index is -2.88. The summed E-state index contributed by atoms with van der Waals surface area (Å²) >= 11 is 6.10. The van der Waals surface area contributed by atoms with E-state index in [0.29, 0.717) is 17.5 Å². The van der Waals surface area contributed by atoms with Gasteiger partial charge >= 0.3 is 0 Å². The fraction of sp³-hybridized carbons (Fsp3) is 0.600. The van der Waals surface area contributed by atoms with Crippen LogP contribution in [0.1, 0.15) is 25.8 Å². The molecule has 1 N–H and O–H groups in total. The van der Waals surface area contributed by atoms with E-state index in [1.807, 2.05) is 25.2 Å². The van der Waals surface area contributed by atoms with Crippen molar-refractivity contribution in [1.82, 2.24) is 5.32 Å². The quantitative estimate of drug-likeness (QED) is 0.901. The highest BCUT2D eigenvalue weighted by Crippen LogP contribution is 2.28. The molecule has 1 aliphatic rings. The van der Waals surface area contributed by atoms with Crippen LogP contribution in [-0.4, -0.2) is 39.1 Å². The molecule has 21 heavy (non-hydrogen) atoms. The number of benzene rings is 1. The second-order valence-corrected chi connectivity index (χ2v) is 8.64. The lowest BCUT2D eigenvalue weighted by Gasteiger charge is -2.28. The van der Waals surface area contributed by atoms with Crippen molar-refractivity contribution in [1.29, 1.82) is 0 Å². The van der Waals surface area contributed by atoms with Crippen LogP contribution in [0.2, 0.25) is 5.02 Å². The Balaban J connectivity index is 2.21. The van der Waals surface area contributed by atoms with E-state index in [2.05, 4.69) is 24.1 Å². The zero-order chi connectivity index (χ0) is 15.6. The lowest BCUT2D eigenvalue weighted by atomic mass is 10.1. The summed E-state index contributed by atoms with van der Waals surface area (Å²) < 4.78 is 23.3. The Hall–Kier alpha value is -0.780. The molecule has 0 aliphatic carbocycles. The van der Waals surface area contributed by atoms with Crippen LogP contribution in [0.5, 0.6) is 0 Å². The number of halogens is 1. The van der Waals surface area contributed by atoms with Crippen molar-refractivity contribution in [3.8, 4) is 0 Å². The van der Waals surface area contributed by atoms with Crippen LogP contribution in [0, 0.1) is 0 Å². The predicted octanol–water partition coefficient (Wildman–Crippen LogP) is 2.46. The van der Waals surface area contributed by atoms with E-state index < -0.39 is 9.84 Å². The highest BCUT2D eigenvalue weighted by Gasteiger charge is 2.31. The molecule has 1 unspecified atom stereocenters. The van der Waals surface area contributed by atoms with Crippen LogP contribution >= 0.6 is 11.6 Å². The molecule has 1 saturated heterocycles. The smallest absolute Gasteiger partial charge is 0.152 e. The molecule has 118 valence electrons. The number of rotatable bonds is 5. The zero-order valence-electron chi connectivity index (χ0n) is 12.8. The summed E-state index contributed by atoms with van der Waals surface area (Å²) in [5.74, 6) is 0.526. The van der Waals surface area contributed by atoms with Crippen molar-refractivity contribution in [3.05, 3.63) is 28.8 Å². The van der Waals surface area contributed by atoms with Gasteiger partial charge in [-0.1, -0.05) is 25.4 Å². The van der Waals surface area contributed by atoms with Crippen LogP contribution in [-0.2, 0) is 16.4 Å². The van der Waals surface area contributed by atoms with Gasteiger partial charge in [-0.25, -0.2) is 8.42 Å². The molecule has 1 fully saturated rings. The molecule has 1 atom stereocenters. The SMILES string of the molecule is CC(C)NCc1cc(Cl)ccc1N(C)C1CCS(=O)(=O)C1. The number of sulfone groups is 1. The van der Waals surface area contributed by atoms with Gasteiger partial charge in [-0.15, -0.1) is 0 Å². The third kappa shape index (κ3) is 4.34. The first-order chi connectivity index (χ1) is 9.78. The Bertz CT molecular complexity index is 602. The zero-order valence-corrected chi connectivity index (χ0v) is 14.3. The van der Waals surface area contributed by atoms with Gasteiger partial charge in [0.25, 0.3) is 0 Å². The molecular weight excluding hydrogens is 308 g/mol. The standard InChI is InChI=1S/C15H23ClN2O2S/c1-11(2)17-9-12-8-13(16)4-5-15(12)18(3)14-6-7-21(19,20)10-14/h4-5,8,11,14,17H,6-7,9-10H2,1-3H3. The normalized spacial score (nSPS) is 20.9. The molecule has 1 aliphatic heterocycles. The van der Waals surface area contributed by atoms with Gasteiger partial charge < -0.3 is 10.2 Å². The lowest BCUT2D eigenvalue weighted by molar-refractivity contribution is 0.586. The largest absolute Gasteiger partial charge is 0.370 e. The van der Waals surface area contributed by atoms with E-state index in [9.17, 15) is 8.42 Å². The van der Waals surface area contributed by atoms with Crippen molar-refractivity contribution >= 4 is 27.1 Å². The summed E-state index contributed by atoms with van der Waals surface area (Å²) in [7, 11) is -0.913. The molecule has 0 radical (unpaired) electrons. The molecule has 0 saturated carbocycles. The van der Waals surface area contributed by atoms with Gasteiger partial charge in [0.15, 0.2) is 9.84 Å². The average Bonchev–Trinajstić information content (AvgIpc) is 2.76. The Kier molecular flexibility index (Phi) is 5.17. The highest BCUT2D eigenvalue weighted by molar-refractivity contribution is 7.91. The van der Waals surface area contributed by atoms with E-state index in [4.69, 9.17) is 11.6 Å². The lowest BCUT2D eigenvalue weighted by Crippen LogP contribution is -2.34. The van der Waals surface area contributed by atoms with E-state index in [1.165, 1.54) is 0 Å². The number of anilines is 1. The molecule has 1 heterocycles. The molecule has 2 rings (SSSR count). The first-order valence-electron chi connectivity index (χ1n) is 7.23. The molecule has 0 spiro atoms. The second-order valence-electron chi connectivity index (χ2n) is 5.98. The van der Waals surface area contributed by atoms with Gasteiger partial charge in [-0.05, 0) is 30.2 Å². The summed E-state index contributed by atoms with van der Waals surface area (Å²) in [6.07, 6.45) is 0.693. The number of hydrogen-bond donors (Lipinski definition) is 1. The minimum Gasteiger partial charge on any atom is -0.370 e. The molecule has 0 bridgehead atoms. The Morgan fingerprint density at radius 3 is 2.71 bits per heavy atom. The summed E-state index contributed by atoms with van der Waals surface area (Å²) in [6, 6.07) is 6.22. The van der Waals surface area contributed by atoms with Crippen LogP contribution in [0.25, 0.3) is 0 Å². The van der Waals surface area contributed by atoms with Crippen LogP contribution in [0.3, 0.4) is 0 Å². The van der Waals surface area contributed by atoms with Gasteiger partial charge in [0.1, 0.15) is 0 Å². The summed E-state index contributed by atoms with van der Waals surface area (Å²) in [5.41, 5.74) is 2.15. The maximum Gasteiger partial charge on any atom is 0.152 e. The highest BCUT2D eigenvalue weighted by atomic mass is 35.5. The van der Waals surface area contributed by atoms with Gasteiger partial charge in [0.2, 0.25) is 0 Å². The fourth-order valence-corrected chi connectivity index (χ4v) is 4.60. The van der Waals surface area contributed by atoms with Gasteiger partial charge in [0.05, 0.1) is 11.5 Å². The molecule has 6 heteroatoms. The minimum absolute atomic E-state index is 0.0500. The van der Waals surface area contributed by atoms with E-state index in [0.717, 1.165) is 17.8 Å². The molecular formula is C15H23ClN2O2S. The molecule has 1 aromatic carbocycles. The Morgan fingerprint density at radius 2 is 2.14 bits per heavy atom. The molecule has 0 amide bonds. The predicted molar refractivity (Wildman–Crippen MR) is 88.9 cm³/mol. The van der Waals surface area contributed by atoms with E-state index >= 15 is 0 Å². The first-order valence-corrected chi connectivity index (χ1v) is 9.43. The van der Waals surface area contributed by atoms with Crippen LogP contribution in [0.15, 0.2) is 18.2 Å². The summed E-state index contributed by atoms with van der Waals surface area (Å²) in [4.78, 5) is 2.08. The van der Waals surface area contributed by atoms with Crippen molar-refractivity contribution in [2.75, 3.05) is 23.5 Å². The number of nitrogens with one attached hydrogen (secondary N) is 1. The number of nitrogens with zero attached hydrogens (tertiary/aromatic N) is 1. The van der Waals surface area contributed by atoms with Crippen molar-refractivity contribution in [2.45, 2.75) is 38.9 Å². The van der Waals surface area contributed by atoms with E-state index in [-0.39, 0.29) is 17.5 Å². The average molecular weight is 331 g/mol. The fourth-order valence-electron chi connectivity index (χ4n) is 2.63. The third-order valence-electron chi connectivity index (χ3n) is 3.88. The molecule has 0 aromatic heterocycles. The maximum absolute atomic E-state index is 11.7. The van der Waals surface area contributed by atoms with Crippen molar-refractivity contribution < 1.29 is 8.42 Å². The topological polar surface area (TPSA) is 49.4 Å². The van der Waals surface area contributed by atoms with Crippen LogP contribution < -0.4 is 10.2 Å². The van der Waals surface area contributed by atoms with Crippen LogP contribution in [0.4, 0.5) is 5.69 Å².